The molecule has 15 heavy (non-hydrogen) atoms. The summed E-state index contributed by atoms with van der Waals surface area (Å²) in [5.74, 6) is 7.97. The summed E-state index contributed by atoms with van der Waals surface area (Å²) >= 11 is 0. The Balaban J connectivity index is 2.45. The van der Waals surface area contributed by atoms with Crippen LogP contribution >= 0.6 is 0 Å². The molecule has 1 saturated heterocycles. The average Bonchev–Trinajstić information content (AvgIpc) is 2.26. The second kappa shape index (κ2) is 5.95. The van der Waals surface area contributed by atoms with E-state index in [1.165, 1.54) is 12.8 Å². The molecule has 1 fully saturated rings. The first-order valence-corrected chi connectivity index (χ1v) is 5.95. The summed E-state index contributed by atoms with van der Waals surface area (Å²) in [6, 6.07) is 0. The van der Waals surface area contributed by atoms with Gasteiger partial charge < -0.3 is 4.90 Å². The van der Waals surface area contributed by atoms with Crippen LogP contribution < -0.4 is 11.3 Å². The molecule has 3 N–H and O–H groups in total. The highest BCUT2D eigenvalue weighted by molar-refractivity contribution is 5.79. The summed E-state index contributed by atoms with van der Waals surface area (Å²) in [7, 11) is 0. The molecule has 1 aliphatic rings. The number of nitrogens with zero attached hydrogens (tertiary/aromatic N) is 2. The topological polar surface area (TPSA) is 53.6 Å². The van der Waals surface area contributed by atoms with Gasteiger partial charge in [-0.2, -0.15) is 0 Å². The largest absolute Gasteiger partial charge is 0.342 e. The minimum atomic E-state index is 0.781. The third-order valence-electron chi connectivity index (χ3n) is 3.22. The summed E-state index contributed by atoms with van der Waals surface area (Å²) in [6.45, 7) is 9.57. The molecule has 4 heteroatoms. The van der Waals surface area contributed by atoms with E-state index >= 15 is 0 Å². The number of aliphatic imine (C=N–C) groups is 1. The number of likely N-dealkylation sites (tertiary alicyclic amines) is 1. The van der Waals surface area contributed by atoms with Gasteiger partial charge in [0.25, 0.3) is 0 Å². The van der Waals surface area contributed by atoms with Crippen molar-refractivity contribution in [1.82, 2.24) is 10.3 Å². The second-order valence-electron chi connectivity index (χ2n) is 4.51. The lowest BCUT2D eigenvalue weighted by Crippen LogP contribution is -2.48. The van der Waals surface area contributed by atoms with Crippen LogP contribution in [0.5, 0.6) is 0 Å². The van der Waals surface area contributed by atoms with Gasteiger partial charge in [-0.15, -0.1) is 0 Å². The summed E-state index contributed by atoms with van der Waals surface area (Å²) in [4.78, 5) is 6.60. The van der Waals surface area contributed by atoms with Crippen LogP contribution in [0, 0.1) is 11.8 Å². The Bertz CT molecular complexity index is 205. The van der Waals surface area contributed by atoms with Crippen molar-refractivity contribution in [3.05, 3.63) is 0 Å². The van der Waals surface area contributed by atoms with Gasteiger partial charge in [0.05, 0.1) is 0 Å². The van der Waals surface area contributed by atoms with Crippen LogP contribution in [-0.2, 0) is 0 Å². The van der Waals surface area contributed by atoms with E-state index in [0.29, 0.717) is 0 Å². The Hall–Kier alpha value is -0.770. The summed E-state index contributed by atoms with van der Waals surface area (Å²) in [6.07, 6.45) is 2.50. The Morgan fingerprint density at radius 1 is 1.47 bits per heavy atom. The van der Waals surface area contributed by atoms with Crippen molar-refractivity contribution in [3.8, 4) is 0 Å². The van der Waals surface area contributed by atoms with Crippen molar-refractivity contribution in [2.45, 2.75) is 33.6 Å². The van der Waals surface area contributed by atoms with Crippen LogP contribution in [0.3, 0.4) is 0 Å². The molecule has 1 rings (SSSR count). The second-order valence-corrected chi connectivity index (χ2v) is 4.51. The van der Waals surface area contributed by atoms with E-state index < -0.39 is 0 Å². The van der Waals surface area contributed by atoms with E-state index in [-0.39, 0.29) is 0 Å². The van der Waals surface area contributed by atoms with Crippen LogP contribution in [0.15, 0.2) is 4.99 Å². The SMILES string of the molecule is CCN=C(NN)N1CCC(C(C)C)CC1. The third kappa shape index (κ3) is 3.38. The zero-order chi connectivity index (χ0) is 11.3. The Morgan fingerprint density at radius 3 is 2.47 bits per heavy atom. The van der Waals surface area contributed by atoms with E-state index in [0.717, 1.165) is 37.4 Å². The van der Waals surface area contributed by atoms with E-state index in [4.69, 9.17) is 5.84 Å². The lowest BCUT2D eigenvalue weighted by atomic mass is 9.87. The molecule has 1 heterocycles. The van der Waals surface area contributed by atoms with Crippen molar-refractivity contribution in [3.63, 3.8) is 0 Å². The van der Waals surface area contributed by atoms with Crippen molar-refractivity contribution < 1.29 is 0 Å². The first-order valence-electron chi connectivity index (χ1n) is 5.95. The van der Waals surface area contributed by atoms with E-state index in [2.05, 4.69) is 29.2 Å². The molecule has 0 aromatic heterocycles. The summed E-state index contributed by atoms with van der Waals surface area (Å²) < 4.78 is 0. The highest BCUT2D eigenvalue weighted by Gasteiger charge is 2.22. The fourth-order valence-corrected chi connectivity index (χ4v) is 2.16. The third-order valence-corrected chi connectivity index (χ3v) is 3.22. The molecule has 0 saturated carbocycles. The highest BCUT2D eigenvalue weighted by atomic mass is 15.4. The van der Waals surface area contributed by atoms with Crippen molar-refractivity contribution in [1.29, 1.82) is 0 Å². The summed E-state index contributed by atoms with van der Waals surface area (Å²) in [5, 5.41) is 0. The quantitative estimate of drug-likeness (QED) is 0.313. The van der Waals surface area contributed by atoms with Gasteiger partial charge in [0.1, 0.15) is 0 Å². The highest BCUT2D eigenvalue weighted by Crippen LogP contribution is 2.24. The van der Waals surface area contributed by atoms with Gasteiger partial charge in [-0.05, 0) is 31.6 Å². The molecule has 0 spiro atoms. The number of rotatable bonds is 2. The van der Waals surface area contributed by atoms with Crippen LogP contribution in [0.1, 0.15) is 33.6 Å². The van der Waals surface area contributed by atoms with Crippen LogP contribution in [0.2, 0.25) is 0 Å². The fraction of sp³-hybridized carbons (Fsp3) is 0.909. The first-order chi connectivity index (χ1) is 7.19. The number of piperidine rings is 1. The fourth-order valence-electron chi connectivity index (χ4n) is 2.16. The standard InChI is InChI=1S/C11H24N4/c1-4-13-11(14-12)15-7-5-10(6-8-15)9(2)3/h9-10H,4-8,12H2,1-3H3,(H,13,14). The molecule has 4 nitrogen and oxygen atoms in total. The van der Waals surface area contributed by atoms with E-state index in [1.807, 2.05) is 6.92 Å². The first kappa shape index (κ1) is 12.3. The van der Waals surface area contributed by atoms with Crippen molar-refractivity contribution in [2.24, 2.45) is 22.7 Å². The van der Waals surface area contributed by atoms with Crippen LogP contribution in [0.4, 0.5) is 0 Å². The number of hydrazine groups is 1. The van der Waals surface area contributed by atoms with Gasteiger partial charge in [-0.1, -0.05) is 13.8 Å². The molecular weight excluding hydrogens is 188 g/mol. The number of hydrogen-bond acceptors (Lipinski definition) is 2. The monoisotopic (exact) mass is 212 g/mol. The molecule has 0 aromatic carbocycles. The molecule has 1 aliphatic heterocycles. The molecule has 0 amide bonds. The van der Waals surface area contributed by atoms with Gasteiger partial charge in [0, 0.05) is 19.6 Å². The maximum Gasteiger partial charge on any atom is 0.208 e. The Kier molecular flexibility index (Phi) is 4.88. The zero-order valence-corrected chi connectivity index (χ0v) is 10.2. The lowest BCUT2D eigenvalue weighted by molar-refractivity contribution is 0.215. The van der Waals surface area contributed by atoms with Crippen LogP contribution in [-0.4, -0.2) is 30.5 Å². The van der Waals surface area contributed by atoms with Gasteiger partial charge in [0.2, 0.25) is 5.96 Å². The number of guanidine groups is 1. The molecule has 0 unspecified atom stereocenters. The van der Waals surface area contributed by atoms with Gasteiger partial charge >= 0.3 is 0 Å². The zero-order valence-electron chi connectivity index (χ0n) is 10.2. The van der Waals surface area contributed by atoms with Gasteiger partial charge in [-0.3, -0.25) is 10.4 Å². The minimum absolute atomic E-state index is 0.781. The Labute approximate surface area is 92.9 Å². The molecule has 88 valence electrons. The number of nitrogens with two attached hydrogens (primary N) is 1. The van der Waals surface area contributed by atoms with Crippen LogP contribution in [0.25, 0.3) is 0 Å². The minimum Gasteiger partial charge on any atom is -0.342 e. The molecular formula is C11H24N4. The molecule has 0 radical (unpaired) electrons. The average molecular weight is 212 g/mol. The van der Waals surface area contributed by atoms with E-state index in [9.17, 15) is 0 Å². The predicted molar refractivity (Wildman–Crippen MR) is 64.4 cm³/mol. The molecule has 0 atom stereocenters. The lowest BCUT2D eigenvalue weighted by Gasteiger charge is -2.35. The predicted octanol–water partition coefficient (Wildman–Crippen LogP) is 1.19. The smallest absolute Gasteiger partial charge is 0.208 e. The maximum absolute atomic E-state index is 5.46. The van der Waals surface area contributed by atoms with Crippen molar-refractivity contribution >= 4 is 5.96 Å². The Morgan fingerprint density at radius 2 is 2.07 bits per heavy atom. The maximum atomic E-state index is 5.46. The van der Waals surface area contributed by atoms with Gasteiger partial charge in [-0.25, -0.2) is 5.84 Å². The molecule has 0 aromatic rings. The number of nitrogens with one attached hydrogen (secondary N) is 1. The van der Waals surface area contributed by atoms with Gasteiger partial charge in [0.15, 0.2) is 0 Å². The normalized spacial score (nSPS) is 19.8. The van der Waals surface area contributed by atoms with Crippen molar-refractivity contribution in [2.75, 3.05) is 19.6 Å². The summed E-state index contributed by atoms with van der Waals surface area (Å²) in [5.41, 5.74) is 2.69. The molecule has 0 bridgehead atoms. The number of hydrogen-bond donors (Lipinski definition) is 2. The van der Waals surface area contributed by atoms with E-state index in [1.54, 1.807) is 0 Å². The molecule has 0 aliphatic carbocycles.